The summed E-state index contributed by atoms with van der Waals surface area (Å²) < 4.78 is 26.7. The molecule has 0 aliphatic carbocycles. The number of nitrogens with one attached hydrogen (secondary N) is 1. The summed E-state index contributed by atoms with van der Waals surface area (Å²) in [6.07, 6.45) is 0.205. The van der Waals surface area contributed by atoms with Crippen LogP contribution in [-0.4, -0.2) is 51.9 Å². The van der Waals surface area contributed by atoms with Crippen molar-refractivity contribution in [3.8, 4) is 28.7 Å². The first-order chi connectivity index (χ1) is 13.2. The third-order valence-electron chi connectivity index (χ3n) is 4.20. The van der Waals surface area contributed by atoms with Crippen molar-refractivity contribution in [3.05, 3.63) is 42.0 Å². The molecule has 1 unspecified atom stereocenters. The molecule has 2 aromatic carbocycles. The van der Waals surface area contributed by atoms with Gasteiger partial charge in [-0.1, -0.05) is 6.07 Å². The van der Waals surface area contributed by atoms with Crippen LogP contribution in [0.2, 0.25) is 0 Å². The van der Waals surface area contributed by atoms with Gasteiger partial charge < -0.3 is 34.1 Å². The number of aliphatic hydroxyl groups is 1. The van der Waals surface area contributed by atoms with E-state index in [1.807, 2.05) is 18.2 Å². The smallest absolute Gasteiger partial charge is 0.231 e. The summed E-state index contributed by atoms with van der Waals surface area (Å²) in [5.74, 6) is 3.44. The third kappa shape index (κ3) is 5.18. The van der Waals surface area contributed by atoms with E-state index in [1.165, 1.54) is 0 Å². The highest BCUT2D eigenvalue weighted by molar-refractivity contribution is 5.47. The molecule has 0 fully saturated rings. The van der Waals surface area contributed by atoms with Crippen molar-refractivity contribution in [2.24, 2.45) is 0 Å². The minimum absolute atomic E-state index is 0.197. The summed E-state index contributed by atoms with van der Waals surface area (Å²) >= 11 is 0. The molecule has 0 amide bonds. The molecule has 1 aliphatic rings. The monoisotopic (exact) mass is 375 g/mol. The highest BCUT2D eigenvalue weighted by atomic mass is 16.7. The van der Waals surface area contributed by atoms with E-state index in [0.29, 0.717) is 35.3 Å². The Kier molecular flexibility index (Phi) is 6.62. The molecule has 27 heavy (non-hydrogen) atoms. The van der Waals surface area contributed by atoms with Crippen LogP contribution in [-0.2, 0) is 6.42 Å². The number of hydrogen-bond donors (Lipinski definition) is 2. The van der Waals surface area contributed by atoms with E-state index in [0.717, 1.165) is 18.5 Å². The van der Waals surface area contributed by atoms with Crippen LogP contribution in [0.3, 0.4) is 0 Å². The van der Waals surface area contributed by atoms with Crippen LogP contribution in [0, 0.1) is 0 Å². The summed E-state index contributed by atoms with van der Waals surface area (Å²) in [5, 5.41) is 13.3. The second kappa shape index (κ2) is 9.34. The fourth-order valence-electron chi connectivity index (χ4n) is 2.76. The van der Waals surface area contributed by atoms with Crippen molar-refractivity contribution >= 4 is 0 Å². The Bertz CT molecular complexity index is 751. The van der Waals surface area contributed by atoms with Gasteiger partial charge >= 0.3 is 0 Å². The molecule has 0 aromatic heterocycles. The summed E-state index contributed by atoms with van der Waals surface area (Å²) in [4.78, 5) is 0. The molecule has 1 heterocycles. The lowest BCUT2D eigenvalue weighted by Gasteiger charge is -2.14. The zero-order chi connectivity index (χ0) is 19.1. The predicted octanol–water partition coefficient (Wildman–Crippen LogP) is 2.00. The lowest BCUT2D eigenvalue weighted by molar-refractivity contribution is 0.106. The minimum Gasteiger partial charge on any atom is -0.493 e. The fourth-order valence-corrected chi connectivity index (χ4v) is 2.76. The van der Waals surface area contributed by atoms with E-state index < -0.39 is 6.10 Å². The maximum Gasteiger partial charge on any atom is 0.231 e. The molecule has 7 nitrogen and oxygen atoms in total. The van der Waals surface area contributed by atoms with E-state index in [9.17, 15) is 5.11 Å². The average Bonchev–Trinajstić information content (AvgIpc) is 3.17. The number of rotatable bonds is 10. The number of benzene rings is 2. The SMILES string of the molecule is COc1ccc(CCNCC(O)COc2ccc3c(c2)OCO3)cc1OC. The van der Waals surface area contributed by atoms with Crippen LogP contribution in [0.1, 0.15) is 5.56 Å². The van der Waals surface area contributed by atoms with Crippen LogP contribution in [0.25, 0.3) is 0 Å². The number of hydrogen-bond acceptors (Lipinski definition) is 7. The first-order valence-electron chi connectivity index (χ1n) is 8.81. The van der Waals surface area contributed by atoms with Crippen molar-refractivity contribution in [2.45, 2.75) is 12.5 Å². The average molecular weight is 375 g/mol. The molecule has 2 aromatic rings. The Morgan fingerprint density at radius 1 is 1.04 bits per heavy atom. The molecule has 0 bridgehead atoms. The van der Waals surface area contributed by atoms with Gasteiger partial charge in [-0.05, 0) is 42.8 Å². The van der Waals surface area contributed by atoms with E-state index in [4.69, 9.17) is 23.7 Å². The molecule has 7 heteroatoms. The third-order valence-corrected chi connectivity index (χ3v) is 4.20. The molecule has 146 valence electrons. The van der Waals surface area contributed by atoms with Crippen LogP contribution >= 0.6 is 0 Å². The molecule has 3 rings (SSSR count). The van der Waals surface area contributed by atoms with Gasteiger partial charge in [0.25, 0.3) is 0 Å². The van der Waals surface area contributed by atoms with Gasteiger partial charge in [0, 0.05) is 12.6 Å². The Balaban J connectivity index is 1.36. The number of methoxy groups -OCH3 is 2. The Hall–Kier alpha value is -2.64. The Morgan fingerprint density at radius 3 is 2.67 bits per heavy atom. The molecule has 0 spiro atoms. The quantitative estimate of drug-likeness (QED) is 0.615. The Labute approximate surface area is 158 Å². The van der Waals surface area contributed by atoms with Crippen molar-refractivity contribution in [3.63, 3.8) is 0 Å². The van der Waals surface area contributed by atoms with Crippen molar-refractivity contribution < 1.29 is 28.8 Å². The zero-order valence-corrected chi connectivity index (χ0v) is 15.6. The van der Waals surface area contributed by atoms with Gasteiger partial charge in [0.05, 0.1) is 14.2 Å². The van der Waals surface area contributed by atoms with E-state index in [1.54, 1.807) is 32.4 Å². The lowest BCUT2D eigenvalue weighted by atomic mass is 10.1. The summed E-state index contributed by atoms with van der Waals surface area (Å²) in [6.45, 7) is 1.60. The molecule has 0 saturated carbocycles. The first kappa shape index (κ1) is 19.1. The first-order valence-corrected chi connectivity index (χ1v) is 8.81. The molecule has 0 saturated heterocycles. The standard InChI is InChI=1S/C20H25NO6/c1-23-17-5-3-14(9-19(17)24-2)7-8-21-11-15(22)12-25-16-4-6-18-20(10-16)27-13-26-18/h3-6,9-10,15,21-22H,7-8,11-13H2,1-2H3. The van der Waals surface area contributed by atoms with Gasteiger partial charge in [0.1, 0.15) is 18.5 Å². The maximum absolute atomic E-state index is 10.1. The number of aliphatic hydroxyl groups excluding tert-OH is 1. The summed E-state index contributed by atoms with van der Waals surface area (Å²) in [7, 11) is 3.24. The van der Waals surface area contributed by atoms with Gasteiger partial charge in [-0.25, -0.2) is 0 Å². The number of fused-ring (bicyclic) bond motifs is 1. The summed E-state index contributed by atoms with van der Waals surface area (Å²) in [6, 6.07) is 11.2. The molecule has 0 radical (unpaired) electrons. The zero-order valence-electron chi connectivity index (χ0n) is 15.6. The molecular formula is C20H25NO6. The van der Waals surface area contributed by atoms with Crippen molar-refractivity contribution in [1.29, 1.82) is 0 Å². The van der Waals surface area contributed by atoms with Gasteiger partial charge in [-0.15, -0.1) is 0 Å². The lowest BCUT2D eigenvalue weighted by Crippen LogP contribution is -2.32. The van der Waals surface area contributed by atoms with E-state index >= 15 is 0 Å². The van der Waals surface area contributed by atoms with Crippen LogP contribution in [0.15, 0.2) is 36.4 Å². The second-order valence-corrected chi connectivity index (χ2v) is 6.12. The number of ether oxygens (including phenoxy) is 5. The maximum atomic E-state index is 10.1. The van der Waals surface area contributed by atoms with Crippen LogP contribution < -0.4 is 29.0 Å². The highest BCUT2D eigenvalue weighted by Crippen LogP contribution is 2.35. The predicted molar refractivity (Wildman–Crippen MR) is 100 cm³/mol. The molecular weight excluding hydrogens is 350 g/mol. The molecule has 1 aliphatic heterocycles. The topological polar surface area (TPSA) is 78.4 Å². The van der Waals surface area contributed by atoms with Gasteiger partial charge in [-0.3, -0.25) is 0 Å². The van der Waals surface area contributed by atoms with Crippen molar-refractivity contribution in [1.82, 2.24) is 5.32 Å². The van der Waals surface area contributed by atoms with Crippen molar-refractivity contribution in [2.75, 3.05) is 40.7 Å². The Morgan fingerprint density at radius 2 is 1.85 bits per heavy atom. The largest absolute Gasteiger partial charge is 0.493 e. The molecule has 2 N–H and O–H groups in total. The molecule has 1 atom stereocenters. The summed E-state index contributed by atoms with van der Waals surface area (Å²) in [5.41, 5.74) is 1.13. The minimum atomic E-state index is -0.610. The van der Waals surface area contributed by atoms with Crippen LogP contribution in [0.4, 0.5) is 0 Å². The van der Waals surface area contributed by atoms with Gasteiger partial charge in [-0.2, -0.15) is 0 Å². The highest BCUT2D eigenvalue weighted by Gasteiger charge is 2.14. The van der Waals surface area contributed by atoms with Gasteiger partial charge in [0.2, 0.25) is 6.79 Å². The van der Waals surface area contributed by atoms with E-state index in [-0.39, 0.29) is 13.4 Å². The van der Waals surface area contributed by atoms with Gasteiger partial charge in [0.15, 0.2) is 23.0 Å². The van der Waals surface area contributed by atoms with Crippen LogP contribution in [0.5, 0.6) is 28.7 Å². The fraction of sp³-hybridized carbons (Fsp3) is 0.400. The second-order valence-electron chi connectivity index (χ2n) is 6.12. The van der Waals surface area contributed by atoms with E-state index in [2.05, 4.69) is 5.32 Å². The normalized spacial score (nSPS) is 13.3.